The van der Waals surface area contributed by atoms with Crippen LogP contribution < -0.4 is 5.32 Å². The first-order valence-corrected chi connectivity index (χ1v) is 8.15. The number of benzene rings is 1. The molecule has 1 atom stereocenters. The number of nitrogens with one attached hydrogen (secondary N) is 1. The second-order valence-corrected chi connectivity index (χ2v) is 7.44. The zero-order chi connectivity index (χ0) is 17.7. The van der Waals surface area contributed by atoms with Crippen molar-refractivity contribution in [2.75, 3.05) is 0 Å². The summed E-state index contributed by atoms with van der Waals surface area (Å²) >= 11 is 0. The van der Waals surface area contributed by atoms with E-state index in [1.807, 2.05) is 32.0 Å². The van der Waals surface area contributed by atoms with E-state index in [9.17, 15) is 9.59 Å². The van der Waals surface area contributed by atoms with Gasteiger partial charge in [-0.3, -0.25) is 9.59 Å². The fourth-order valence-corrected chi connectivity index (χ4v) is 2.55. The zero-order valence-electron chi connectivity index (χ0n) is 14.8. The number of carboxylic acids is 1. The molecule has 0 saturated heterocycles. The van der Waals surface area contributed by atoms with Gasteiger partial charge in [-0.2, -0.15) is 0 Å². The number of rotatable bonds is 8. The number of carbonyl (C=O) groups is 2. The van der Waals surface area contributed by atoms with Crippen LogP contribution in [0.3, 0.4) is 0 Å². The number of hydrogen-bond donors (Lipinski definition) is 2. The van der Waals surface area contributed by atoms with Crippen LogP contribution in [0.1, 0.15) is 59.4 Å². The molecule has 0 spiro atoms. The molecule has 0 heterocycles. The van der Waals surface area contributed by atoms with E-state index in [0.29, 0.717) is 12.8 Å². The van der Waals surface area contributed by atoms with E-state index in [1.54, 1.807) is 6.92 Å². The Kier molecular flexibility index (Phi) is 6.37. The van der Waals surface area contributed by atoms with E-state index in [1.165, 1.54) is 5.56 Å². The zero-order valence-corrected chi connectivity index (χ0v) is 14.8. The fourth-order valence-electron chi connectivity index (χ4n) is 2.55. The highest BCUT2D eigenvalue weighted by Gasteiger charge is 2.33. The molecule has 4 heteroatoms. The van der Waals surface area contributed by atoms with Crippen molar-refractivity contribution in [2.24, 2.45) is 5.92 Å². The molecule has 1 unspecified atom stereocenters. The first-order chi connectivity index (χ1) is 10.6. The summed E-state index contributed by atoms with van der Waals surface area (Å²) in [5.41, 5.74) is 0.379. The molecule has 1 aromatic carbocycles. The van der Waals surface area contributed by atoms with Gasteiger partial charge >= 0.3 is 5.97 Å². The summed E-state index contributed by atoms with van der Waals surface area (Å²) in [7, 11) is 0. The highest BCUT2D eigenvalue weighted by molar-refractivity contribution is 5.78. The van der Waals surface area contributed by atoms with E-state index < -0.39 is 11.5 Å². The molecule has 1 aromatic rings. The lowest BCUT2D eigenvalue weighted by atomic mass is 9.80. The summed E-state index contributed by atoms with van der Waals surface area (Å²) in [6, 6.07) is 10.1. The summed E-state index contributed by atoms with van der Waals surface area (Å²) < 4.78 is 0. The number of carbonyl (C=O) groups excluding carboxylic acids is 1. The first kappa shape index (κ1) is 19.2. The Balaban J connectivity index is 2.67. The van der Waals surface area contributed by atoms with Crippen LogP contribution in [0.2, 0.25) is 0 Å². The maximum atomic E-state index is 12.3. The number of aliphatic carboxylic acids is 1. The second-order valence-electron chi connectivity index (χ2n) is 7.44. The normalized spacial score (nSPS) is 14.3. The third kappa shape index (κ3) is 5.70. The van der Waals surface area contributed by atoms with E-state index in [2.05, 4.69) is 31.3 Å². The molecule has 0 saturated carbocycles. The summed E-state index contributed by atoms with van der Waals surface area (Å²) in [6.45, 7) is 9.89. The average Bonchev–Trinajstić information content (AvgIpc) is 2.45. The second kappa shape index (κ2) is 7.62. The molecule has 0 bridgehead atoms. The van der Waals surface area contributed by atoms with Gasteiger partial charge in [0.25, 0.3) is 0 Å². The minimum atomic E-state index is -0.897. The van der Waals surface area contributed by atoms with Gasteiger partial charge in [0.1, 0.15) is 0 Å². The Morgan fingerprint density at radius 3 is 2.17 bits per heavy atom. The lowest BCUT2D eigenvalue weighted by molar-refractivity contribution is -0.139. The standard InChI is InChI=1S/C19H29NO3/c1-14(2)19(5,13-17(22)23)20-16(21)11-12-18(3,4)15-9-7-6-8-10-15/h6-10,14H,11-13H2,1-5H3,(H,20,21)(H,22,23). The molecule has 1 amide bonds. The molecule has 0 radical (unpaired) electrons. The molecule has 0 fully saturated rings. The highest BCUT2D eigenvalue weighted by atomic mass is 16.4. The Labute approximate surface area is 139 Å². The lowest BCUT2D eigenvalue weighted by Gasteiger charge is -2.34. The van der Waals surface area contributed by atoms with Crippen LogP contribution in [0.25, 0.3) is 0 Å². The van der Waals surface area contributed by atoms with Crippen molar-refractivity contribution in [3.05, 3.63) is 35.9 Å². The molecule has 2 N–H and O–H groups in total. The van der Waals surface area contributed by atoms with E-state index in [4.69, 9.17) is 5.11 Å². The van der Waals surface area contributed by atoms with Crippen molar-refractivity contribution in [2.45, 2.75) is 64.8 Å². The van der Waals surface area contributed by atoms with Crippen molar-refractivity contribution in [3.63, 3.8) is 0 Å². The summed E-state index contributed by atoms with van der Waals surface area (Å²) in [5, 5.41) is 12.0. The Hall–Kier alpha value is -1.84. The quantitative estimate of drug-likeness (QED) is 0.767. The van der Waals surface area contributed by atoms with Gasteiger partial charge in [-0.05, 0) is 30.2 Å². The molecule has 0 aliphatic heterocycles. The highest BCUT2D eigenvalue weighted by Crippen LogP contribution is 2.28. The summed E-state index contributed by atoms with van der Waals surface area (Å²) in [4.78, 5) is 23.4. The predicted molar refractivity (Wildman–Crippen MR) is 92.3 cm³/mol. The average molecular weight is 319 g/mol. The Morgan fingerprint density at radius 2 is 1.70 bits per heavy atom. The van der Waals surface area contributed by atoms with Gasteiger partial charge in [0.15, 0.2) is 0 Å². The minimum Gasteiger partial charge on any atom is -0.481 e. The third-order valence-corrected chi connectivity index (χ3v) is 4.75. The van der Waals surface area contributed by atoms with Crippen LogP contribution >= 0.6 is 0 Å². The maximum absolute atomic E-state index is 12.3. The SMILES string of the molecule is CC(C)C(C)(CC(=O)O)NC(=O)CCC(C)(C)c1ccccc1. The summed E-state index contributed by atoms with van der Waals surface area (Å²) in [5.74, 6) is -0.942. The van der Waals surface area contributed by atoms with Crippen molar-refractivity contribution in [1.29, 1.82) is 0 Å². The molecule has 0 aliphatic rings. The van der Waals surface area contributed by atoms with Crippen LogP contribution in [0.4, 0.5) is 0 Å². The van der Waals surface area contributed by atoms with Crippen LogP contribution in [-0.4, -0.2) is 22.5 Å². The van der Waals surface area contributed by atoms with Crippen molar-refractivity contribution in [1.82, 2.24) is 5.32 Å². The Bertz CT molecular complexity index is 537. The molecule has 4 nitrogen and oxygen atoms in total. The molecular weight excluding hydrogens is 290 g/mol. The van der Waals surface area contributed by atoms with Crippen molar-refractivity contribution >= 4 is 11.9 Å². The molecule has 0 aromatic heterocycles. The van der Waals surface area contributed by atoms with Crippen LogP contribution in [0, 0.1) is 5.92 Å². The predicted octanol–water partition coefficient (Wildman–Crippen LogP) is 3.75. The number of amides is 1. The molecule has 0 aliphatic carbocycles. The number of carboxylic acid groups (broad SMARTS) is 1. The van der Waals surface area contributed by atoms with Gasteiger partial charge in [-0.15, -0.1) is 0 Å². The topological polar surface area (TPSA) is 66.4 Å². The molecule has 128 valence electrons. The van der Waals surface area contributed by atoms with Gasteiger partial charge < -0.3 is 10.4 Å². The van der Waals surface area contributed by atoms with Gasteiger partial charge in [0.05, 0.1) is 6.42 Å². The largest absolute Gasteiger partial charge is 0.481 e. The van der Waals surface area contributed by atoms with E-state index >= 15 is 0 Å². The van der Waals surface area contributed by atoms with Gasteiger partial charge in [0, 0.05) is 12.0 Å². The lowest BCUT2D eigenvalue weighted by Crippen LogP contribution is -2.51. The van der Waals surface area contributed by atoms with Crippen LogP contribution in [0.15, 0.2) is 30.3 Å². The number of hydrogen-bond acceptors (Lipinski definition) is 2. The molecule has 23 heavy (non-hydrogen) atoms. The van der Waals surface area contributed by atoms with E-state index in [-0.39, 0.29) is 23.7 Å². The third-order valence-electron chi connectivity index (χ3n) is 4.75. The van der Waals surface area contributed by atoms with Gasteiger partial charge in [-0.25, -0.2) is 0 Å². The van der Waals surface area contributed by atoms with Crippen molar-refractivity contribution in [3.8, 4) is 0 Å². The molecular formula is C19H29NO3. The molecule has 1 rings (SSSR count). The van der Waals surface area contributed by atoms with E-state index in [0.717, 1.165) is 0 Å². The monoisotopic (exact) mass is 319 g/mol. The maximum Gasteiger partial charge on any atom is 0.305 e. The first-order valence-electron chi connectivity index (χ1n) is 8.15. The van der Waals surface area contributed by atoms with Crippen molar-refractivity contribution < 1.29 is 14.7 Å². The van der Waals surface area contributed by atoms with Gasteiger partial charge in [-0.1, -0.05) is 58.0 Å². The van der Waals surface area contributed by atoms with Gasteiger partial charge in [0.2, 0.25) is 5.91 Å². The fraction of sp³-hybridized carbons (Fsp3) is 0.579. The minimum absolute atomic E-state index is 0.0460. The van der Waals surface area contributed by atoms with Crippen LogP contribution in [0.5, 0.6) is 0 Å². The van der Waals surface area contributed by atoms with Crippen LogP contribution in [-0.2, 0) is 15.0 Å². The smallest absolute Gasteiger partial charge is 0.305 e. The Morgan fingerprint density at radius 1 is 1.13 bits per heavy atom. The summed E-state index contributed by atoms with van der Waals surface area (Å²) in [6.07, 6.45) is 1.02.